The molecule has 134 valence electrons. The van der Waals surface area contributed by atoms with E-state index in [0.29, 0.717) is 15.7 Å². The lowest BCUT2D eigenvalue weighted by molar-refractivity contribution is -0.593. The highest BCUT2D eigenvalue weighted by Gasteiger charge is 2.51. The van der Waals surface area contributed by atoms with Crippen molar-refractivity contribution < 1.29 is 14.6 Å². The van der Waals surface area contributed by atoms with Crippen LogP contribution in [0.2, 0.25) is 0 Å². The fraction of sp³-hybridized carbons (Fsp3) is 0.455. The van der Waals surface area contributed by atoms with Gasteiger partial charge in [0.25, 0.3) is 0 Å². The highest BCUT2D eigenvalue weighted by Crippen LogP contribution is 2.60. The summed E-state index contributed by atoms with van der Waals surface area (Å²) >= 11 is 0. The van der Waals surface area contributed by atoms with Gasteiger partial charge in [0.15, 0.2) is 6.20 Å². The SMILES string of the molecule is O=C(O)c1ccc[n+]([O-])c1-c1ccc(C23CC4CC(CC(C4)C2)C3)cc1. The number of rotatable bonds is 3. The third kappa shape index (κ3) is 2.35. The minimum Gasteiger partial charge on any atom is -0.618 e. The normalized spacial score (nSPS) is 31.9. The van der Waals surface area contributed by atoms with E-state index in [2.05, 4.69) is 12.1 Å². The predicted molar refractivity (Wildman–Crippen MR) is 97.6 cm³/mol. The maximum atomic E-state index is 12.2. The van der Waals surface area contributed by atoms with Crippen LogP contribution in [0.25, 0.3) is 11.3 Å². The van der Waals surface area contributed by atoms with E-state index >= 15 is 0 Å². The van der Waals surface area contributed by atoms with E-state index in [4.69, 9.17) is 0 Å². The first kappa shape index (κ1) is 15.9. The van der Waals surface area contributed by atoms with Gasteiger partial charge in [-0.1, -0.05) is 12.1 Å². The van der Waals surface area contributed by atoms with Crippen molar-refractivity contribution in [1.82, 2.24) is 0 Å². The van der Waals surface area contributed by atoms with Gasteiger partial charge in [0, 0.05) is 11.6 Å². The van der Waals surface area contributed by atoms with E-state index in [1.165, 1.54) is 62.4 Å². The van der Waals surface area contributed by atoms with Crippen LogP contribution in [-0.4, -0.2) is 11.1 Å². The van der Waals surface area contributed by atoms with Gasteiger partial charge in [0.1, 0.15) is 5.56 Å². The maximum Gasteiger partial charge on any atom is 0.342 e. The Morgan fingerprint density at radius 3 is 2.12 bits per heavy atom. The Kier molecular flexibility index (Phi) is 3.40. The Morgan fingerprint density at radius 2 is 1.58 bits per heavy atom. The van der Waals surface area contributed by atoms with Crippen molar-refractivity contribution in [3.05, 3.63) is 58.9 Å². The molecule has 4 heteroatoms. The van der Waals surface area contributed by atoms with E-state index in [1.807, 2.05) is 12.1 Å². The van der Waals surface area contributed by atoms with Crippen LogP contribution in [0, 0.1) is 23.0 Å². The number of carboxylic acid groups (broad SMARTS) is 1. The third-order valence-corrected chi connectivity index (χ3v) is 7.00. The maximum absolute atomic E-state index is 12.2. The summed E-state index contributed by atoms with van der Waals surface area (Å²) < 4.78 is 0.656. The lowest BCUT2D eigenvalue weighted by Gasteiger charge is -2.57. The Bertz CT molecular complexity index is 836. The molecule has 0 aliphatic heterocycles. The van der Waals surface area contributed by atoms with Gasteiger partial charge in [-0.15, -0.1) is 0 Å². The monoisotopic (exact) mass is 349 g/mol. The first-order valence-electron chi connectivity index (χ1n) is 9.60. The number of carboxylic acids is 1. The molecule has 0 unspecified atom stereocenters. The zero-order valence-corrected chi connectivity index (χ0v) is 14.7. The van der Waals surface area contributed by atoms with Gasteiger partial charge in [0.2, 0.25) is 5.69 Å². The number of carbonyl (C=O) groups is 1. The summed E-state index contributed by atoms with van der Waals surface area (Å²) in [5.41, 5.74) is 2.63. The molecule has 1 heterocycles. The number of hydrogen-bond donors (Lipinski definition) is 1. The van der Waals surface area contributed by atoms with Gasteiger partial charge in [-0.05, 0) is 85.5 Å². The predicted octanol–water partition coefficient (Wildman–Crippen LogP) is 4.15. The zero-order valence-electron chi connectivity index (χ0n) is 14.7. The molecule has 2 aromatic rings. The molecule has 4 fully saturated rings. The zero-order chi connectivity index (χ0) is 17.9. The van der Waals surface area contributed by atoms with Crippen molar-refractivity contribution in [3.63, 3.8) is 0 Å². The fourth-order valence-electron chi connectivity index (χ4n) is 6.39. The molecular weight excluding hydrogens is 326 g/mol. The average Bonchev–Trinajstić information content (AvgIpc) is 2.60. The molecular formula is C22H23NO3. The van der Waals surface area contributed by atoms with Crippen molar-refractivity contribution in [2.45, 2.75) is 43.9 Å². The highest BCUT2D eigenvalue weighted by molar-refractivity contribution is 5.93. The third-order valence-electron chi connectivity index (χ3n) is 7.00. The summed E-state index contributed by atoms with van der Waals surface area (Å²) in [6, 6.07) is 11.1. The molecule has 26 heavy (non-hydrogen) atoms. The number of pyridine rings is 1. The Hall–Kier alpha value is -2.36. The summed E-state index contributed by atoms with van der Waals surface area (Å²) in [6.07, 6.45) is 9.50. The number of aromatic carboxylic acids is 1. The molecule has 0 saturated heterocycles. The molecule has 0 radical (unpaired) electrons. The van der Waals surface area contributed by atoms with Gasteiger partial charge in [-0.3, -0.25) is 0 Å². The number of nitrogens with zero attached hydrogens (tertiary/aromatic N) is 1. The minimum absolute atomic E-state index is 0.0463. The molecule has 1 N–H and O–H groups in total. The lowest BCUT2D eigenvalue weighted by Crippen LogP contribution is -2.48. The summed E-state index contributed by atoms with van der Waals surface area (Å²) in [4.78, 5) is 11.5. The van der Waals surface area contributed by atoms with Crippen molar-refractivity contribution in [2.24, 2.45) is 17.8 Å². The van der Waals surface area contributed by atoms with Gasteiger partial charge in [-0.2, -0.15) is 4.73 Å². The highest BCUT2D eigenvalue weighted by atomic mass is 16.5. The standard InChI is InChI=1S/C22H23NO3/c24-21(25)19-2-1-7-23(26)20(19)17-3-5-18(6-4-17)22-11-14-8-15(12-22)10-16(9-14)13-22/h1-7,14-16H,8-13H2,(H,24,25). The molecule has 6 rings (SSSR count). The fourth-order valence-corrected chi connectivity index (χ4v) is 6.39. The summed E-state index contributed by atoms with van der Waals surface area (Å²) in [7, 11) is 0. The Balaban J connectivity index is 1.52. The van der Waals surface area contributed by atoms with Gasteiger partial charge >= 0.3 is 5.97 Å². The quantitative estimate of drug-likeness (QED) is 0.669. The molecule has 4 nitrogen and oxygen atoms in total. The summed E-state index contributed by atoms with van der Waals surface area (Å²) in [6.45, 7) is 0. The smallest absolute Gasteiger partial charge is 0.342 e. The molecule has 4 aliphatic rings. The first-order chi connectivity index (χ1) is 12.5. The van der Waals surface area contributed by atoms with Gasteiger partial charge in [0.05, 0.1) is 0 Å². The second kappa shape index (κ2) is 5.57. The molecule has 4 aliphatic carbocycles. The molecule has 0 atom stereocenters. The summed E-state index contributed by atoms with van der Waals surface area (Å²) in [5.74, 6) is 1.59. The number of hydrogen-bond acceptors (Lipinski definition) is 2. The first-order valence-corrected chi connectivity index (χ1v) is 9.60. The molecule has 0 spiro atoms. The van der Waals surface area contributed by atoms with Crippen molar-refractivity contribution in [1.29, 1.82) is 0 Å². The van der Waals surface area contributed by atoms with E-state index in [9.17, 15) is 15.1 Å². The molecule has 1 aromatic carbocycles. The van der Waals surface area contributed by atoms with Crippen molar-refractivity contribution >= 4 is 5.97 Å². The van der Waals surface area contributed by atoms with Crippen molar-refractivity contribution in [2.75, 3.05) is 0 Å². The Labute approximate surface area is 153 Å². The van der Waals surface area contributed by atoms with Crippen LogP contribution in [-0.2, 0) is 5.41 Å². The van der Waals surface area contributed by atoms with E-state index in [1.54, 1.807) is 0 Å². The van der Waals surface area contributed by atoms with Crippen LogP contribution < -0.4 is 4.73 Å². The lowest BCUT2D eigenvalue weighted by atomic mass is 9.48. The second-order valence-electron chi connectivity index (χ2n) is 8.68. The van der Waals surface area contributed by atoms with Gasteiger partial charge in [-0.25, -0.2) is 4.79 Å². The van der Waals surface area contributed by atoms with Crippen LogP contribution in [0.1, 0.15) is 54.4 Å². The Morgan fingerprint density at radius 1 is 1.00 bits per heavy atom. The van der Waals surface area contributed by atoms with E-state index in [-0.39, 0.29) is 11.3 Å². The molecule has 0 amide bonds. The molecule has 4 saturated carbocycles. The average molecular weight is 349 g/mol. The summed E-state index contributed by atoms with van der Waals surface area (Å²) in [5, 5.41) is 21.6. The second-order valence-corrected chi connectivity index (χ2v) is 8.68. The van der Waals surface area contributed by atoms with Crippen LogP contribution in [0.3, 0.4) is 0 Å². The van der Waals surface area contributed by atoms with Crippen LogP contribution in [0.4, 0.5) is 0 Å². The number of benzene rings is 1. The van der Waals surface area contributed by atoms with Crippen LogP contribution >= 0.6 is 0 Å². The van der Waals surface area contributed by atoms with E-state index in [0.717, 1.165) is 17.8 Å². The minimum atomic E-state index is -1.07. The molecule has 4 bridgehead atoms. The van der Waals surface area contributed by atoms with E-state index < -0.39 is 5.97 Å². The van der Waals surface area contributed by atoms with Crippen LogP contribution in [0.15, 0.2) is 42.6 Å². The largest absolute Gasteiger partial charge is 0.618 e. The van der Waals surface area contributed by atoms with Crippen LogP contribution in [0.5, 0.6) is 0 Å². The number of aromatic nitrogens is 1. The van der Waals surface area contributed by atoms with Gasteiger partial charge < -0.3 is 10.3 Å². The molecule has 1 aromatic heterocycles. The topological polar surface area (TPSA) is 64.2 Å². The van der Waals surface area contributed by atoms with Crippen molar-refractivity contribution in [3.8, 4) is 11.3 Å².